The number of allylic oxidation sites excluding steroid dienone is 1. The van der Waals surface area contributed by atoms with E-state index in [9.17, 15) is 20.2 Å². The highest BCUT2D eigenvalue weighted by Gasteiger charge is 2.15. The van der Waals surface area contributed by atoms with E-state index in [1.165, 1.54) is 29.5 Å². The van der Waals surface area contributed by atoms with E-state index in [0.29, 0.717) is 27.4 Å². The van der Waals surface area contributed by atoms with Crippen LogP contribution >= 0.6 is 11.3 Å². The van der Waals surface area contributed by atoms with Gasteiger partial charge in [0, 0.05) is 22.9 Å². The molecule has 0 aliphatic rings. The average Bonchev–Trinajstić information content (AvgIpc) is 3.32. The molecule has 0 N–H and O–H groups in total. The first-order chi connectivity index (χ1) is 16.0. The fourth-order valence-electron chi connectivity index (χ4n) is 3.61. The molecule has 7 nitrogen and oxygen atoms in total. The van der Waals surface area contributed by atoms with E-state index in [1.54, 1.807) is 29.6 Å². The summed E-state index contributed by atoms with van der Waals surface area (Å²) in [5.41, 5.74) is 1.35. The van der Waals surface area contributed by atoms with Gasteiger partial charge in [-0.15, -0.1) is 11.3 Å². The van der Waals surface area contributed by atoms with Crippen LogP contribution < -0.4 is 5.63 Å². The number of hydrogen-bond donors (Lipinski definition) is 0. The number of nitro benzene ring substituents is 1. The summed E-state index contributed by atoms with van der Waals surface area (Å²) < 4.78 is 5.55. The molecular formula is C25H13N3O4S. The summed E-state index contributed by atoms with van der Waals surface area (Å²) in [7, 11) is 0. The molecule has 0 unspecified atom stereocenters. The minimum absolute atomic E-state index is 0.0677. The second-order valence-corrected chi connectivity index (χ2v) is 8.06. The van der Waals surface area contributed by atoms with Gasteiger partial charge in [-0.25, -0.2) is 9.78 Å². The molecular weight excluding hydrogens is 438 g/mol. The van der Waals surface area contributed by atoms with Crippen molar-refractivity contribution in [2.75, 3.05) is 0 Å². The quantitative estimate of drug-likeness (QED) is 0.108. The van der Waals surface area contributed by atoms with Crippen molar-refractivity contribution in [3.05, 3.63) is 103 Å². The summed E-state index contributed by atoms with van der Waals surface area (Å²) in [6, 6.07) is 21.3. The Hall–Kier alpha value is -4.61. The lowest BCUT2D eigenvalue weighted by Crippen LogP contribution is -2.03. The molecule has 33 heavy (non-hydrogen) atoms. The van der Waals surface area contributed by atoms with E-state index in [2.05, 4.69) is 11.1 Å². The third kappa shape index (κ3) is 3.78. The van der Waals surface area contributed by atoms with Crippen LogP contribution in [0.3, 0.4) is 0 Å². The van der Waals surface area contributed by atoms with Gasteiger partial charge in [-0.2, -0.15) is 5.26 Å². The first-order valence-electron chi connectivity index (χ1n) is 9.81. The van der Waals surface area contributed by atoms with Gasteiger partial charge in [0.2, 0.25) is 0 Å². The van der Waals surface area contributed by atoms with Crippen molar-refractivity contribution in [2.24, 2.45) is 0 Å². The number of nitriles is 1. The van der Waals surface area contributed by atoms with E-state index >= 15 is 0 Å². The second-order valence-electron chi connectivity index (χ2n) is 7.21. The zero-order chi connectivity index (χ0) is 22.9. The highest BCUT2D eigenvalue weighted by atomic mass is 32.1. The van der Waals surface area contributed by atoms with Gasteiger partial charge in [0.05, 0.1) is 21.8 Å². The molecule has 0 fully saturated rings. The minimum atomic E-state index is -0.518. The fraction of sp³-hybridized carbons (Fsp3) is 0. The van der Waals surface area contributed by atoms with Crippen LogP contribution in [0.2, 0.25) is 0 Å². The van der Waals surface area contributed by atoms with Crippen LogP contribution in [-0.4, -0.2) is 9.91 Å². The third-order valence-corrected chi connectivity index (χ3v) is 6.04. The lowest BCUT2D eigenvalue weighted by atomic mass is 10.0. The van der Waals surface area contributed by atoms with Crippen LogP contribution in [-0.2, 0) is 0 Å². The molecule has 158 valence electrons. The van der Waals surface area contributed by atoms with Crippen LogP contribution in [0, 0.1) is 21.4 Å². The van der Waals surface area contributed by atoms with Crippen LogP contribution in [0.5, 0.6) is 0 Å². The fourth-order valence-corrected chi connectivity index (χ4v) is 4.39. The van der Waals surface area contributed by atoms with E-state index < -0.39 is 10.5 Å². The van der Waals surface area contributed by atoms with Crippen LogP contribution in [0.1, 0.15) is 10.6 Å². The van der Waals surface area contributed by atoms with Crippen LogP contribution in [0.25, 0.3) is 44.6 Å². The molecule has 0 bridgehead atoms. The smallest absolute Gasteiger partial charge is 0.345 e. The van der Waals surface area contributed by atoms with Gasteiger partial charge in [-0.3, -0.25) is 10.1 Å². The van der Waals surface area contributed by atoms with Crippen molar-refractivity contribution in [2.45, 2.75) is 0 Å². The third-order valence-electron chi connectivity index (χ3n) is 5.16. The van der Waals surface area contributed by atoms with E-state index in [1.807, 2.05) is 30.3 Å². The molecule has 8 heteroatoms. The van der Waals surface area contributed by atoms with Crippen molar-refractivity contribution in [1.29, 1.82) is 5.26 Å². The number of non-ortho nitro benzene ring substituents is 1. The number of nitrogens with zero attached hydrogens (tertiary/aromatic N) is 3. The Morgan fingerprint density at radius 1 is 1.09 bits per heavy atom. The van der Waals surface area contributed by atoms with E-state index in [0.717, 1.165) is 16.2 Å². The molecule has 0 spiro atoms. The van der Waals surface area contributed by atoms with Crippen molar-refractivity contribution in [3.63, 3.8) is 0 Å². The Bertz CT molecular complexity index is 1690. The lowest BCUT2D eigenvalue weighted by Gasteiger charge is -2.04. The Kier molecular flexibility index (Phi) is 5.01. The SMILES string of the molecule is N#CC(=Cc1cccc([N+](=O)[O-])c1)c1nc(-c2cc3c(ccc4ccccc43)oc2=O)cs1. The number of thiazole rings is 1. The molecule has 3 aromatic carbocycles. The summed E-state index contributed by atoms with van der Waals surface area (Å²) in [4.78, 5) is 27.7. The molecule has 2 aromatic heterocycles. The van der Waals surface area contributed by atoms with Gasteiger partial charge in [-0.1, -0.05) is 42.5 Å². The number of hydrogen-bond acceptors (Lipinski definition) is 7. The number of rotatable bonds is 4. The topological polar surface area (TPSA) is 110 Å². The molecule has 0 aliphatic carbocycles. The monoisotopic (exact) mass is 451 g/mol. The normalized spacial score (nSPS) is 11.5. The van der Waals surface area contributed by atoms with Crippen molar-refractivity contribution < 1.29 is 9.34 Å². The maximum absolute atomic E-state index is 12.7. The first-order valence-corrected chi connectivity index (χ1v) is 10.7. The van der Waals surface area contributed by atoms with Crippen molar-refractivity contribution in [3.8, 4) is 17.3 Å². The molecule has 0 atom stereocenters. The van der Waals surface area contributed by atoms with Gasteiger partial charge >= 0.3 is 5.63 Å². The van der Waals surface area contributed by atoms with Gasteiger partial charge in [-0.05, 0) is 34.5 Å². The maximum atomic E-state index is 12.7. The molecule has 5 aromatic rings. The summed E-state index contributed by atoms with van der Waals surface area (Å²) in [6.45, 7) is 0. The van der Waals surface area contributed by atoms with Crippen LogP contribution in [0.4, 0.5) is 5.69 Å². The molecule has 5 rings (SSSR count). The second kappa shape index (κ2) is 8.15. The Morgan fingerprint density at radius 2 is 1.94 bits per heavy atom. The average molecular weight is 451 g/mol. The lowest BCUT2D eigenvalue weighted by molar-refractivity contribution is -0.384. The van der Waals surface area contributed by atoms with Gasteiger partial charge in [0.15, 0.2) is 0 Å². The molecule has 0 saturated heterocycles. The first kappa shape index (κ1) is 20.3. The zero-order valence-corrected chi connectivity index (χ0v) is 17.7. The minimum Gasteiger partial charge on any atom is -0.422 e. The molecule has 0 radical (unpaired) electrons. The zero-order valence-electron chi connectivity index (χ0n) is 16.9. The summed E-state index contributed by atoms with van der Waals surface area (Å²) >= 11 is 1.21. The van der Waals surface area contributed by atoms with Gasteiger partial charge in [0.1, 0.15) is 16.7 Å². The molecule has 0 saturated carbocycles. The number of nitro groups is 1. The maximum Gasteiger partial charge on any atom is 0.345 e. The molecule has 2 heterocycles. The summed E-state index contributed by atoms with van der Waals surface area (Å²) in [6.07, 6.45) is 1.53. The Balaban J connectivity index is 1.59. The number of benzene rings is 3. The number of aromatic nitrogens is 1. The van der Waals surface area contributed by atoms with E-state index in [-0.39, 0.29) is 11.3 Å². The molecule has 0 amide bonds. The summed E-state index contributed by atoms with van der Waals surface area (Å²) in [5.74, 6) is 0. The largest absolute Gasteiger partial charge is 0.422 e. The number of fused-ring (bicyclic) bond motifs is 3. The standard InChI is InChI=1S/C25H13N3O4S/c26-13-17(10-15-4-3-6-18(11-15)28(30)31)24-27-22(14-33-24)21-12-20-19-7-2-1-5-16(19)8-9-23(20)32-25(21)29/h1-12,14H. The van der Waals surface area contributed by atoms with E-state index in [4.69, 9.17) is 4.42 Å². The van der Waals surface area contributed by atoms with Crippen molar-refractivity contribution in [1.82, 2.24) is 4.98 Å². The van der Waals surface area contributed by atoms with Gasteiger partial charge in [0.25, 0.3) is 5.69 Å². The van der Waals surface area contributed by atoms with Gasteiger partial charge < -0.3 is 4.42 Å². The Morgan fingerprint density at radius 3 is 2.76 bits per heavy atom. The Labute approximate surface area is 190 Å². The predicted molar refractivity (Wildman–Crippen MR) is 128 cm³/mol. The highest BCUT2D eigenvalue weighted by Crippen LogP contribution is 2.30. The highest BCUT2D eigenvalue weighted by molar-refractivity contribution is 7.11. The predicted octanol–water partition coefficient (Wildman–Crippen LogP) is 6.04. The van der Waals surface area contributed by atoms with Crippen molar-refractivity contribution >= 4 is 50.4 Å². The molecule has 0 aliphatic heterocycles. The summed E-state index contributed by atoms with van der Waals surface area (Å²) in [5, 5.41) is 25.5. The van der Waals surface area contributed by atoms with Crippen LogP contribution in [0.15, 0.2) is 81.3 Å².